The molecule has 1 aromatic rings. The summed E-state index contributed by atoms with van der Waals surface area (Å²) in [5.41, 5.74) is 8.99. The summed E-state index contributed by atoms with van der Waals surface area (Å²) < 4.78 is 0. The molecular formula is C7H10N2S. The Morgan fingerprint density at radius 2 is 2.60 bits per heavy atom. The Bertz CT molecular complexity index is 231. The molecule has 0 aromatic carbocycles. The van der Waals surface area contributed by atoms with Crippen LogP contribution in [-0.4, -0.2) is 11.0 Å². The molecule has 0 spiro atoms. The minimum absolute atomic E-state index is 0.382. The van der Waals surface area contributed by atoms with Crippen molar-refractivity contribution < 1.29 is 0 Å². The van der Waals surface area contributed by atoms with Crippen LogP contribution in [0.1, 0.15) is 17.0 Å². The van der Waals surface area contributed by atoms with Crippen LogP contribution in [0.15, 0.2) is 5.51 Å². The highest BCUT2D eigenvalue weighted by molar-refractivity contribution is 7.09. The van der Waals surface area contributed by atoms with Gasteiger partial charge in [0.15, 0.2) is 0 Å². The van der Waals surface area contributed by atoms with Gasteiger partial charge < -0.3 is 5.73 Å². The number of thiazole rings is 1. The van der Waals surface area contributed by atoms with Gasteiger partial charge in [-0.1, -0.05) is 0 Å². The molecule has 54 valence electrons. The standard InChI is InChI=1S/C7H10N2S/c8-5-1-2-6-7(3-5)10-4-9-6/h4-5H,1-3,8H2/t5-/m0/s1. The second kappa shape index (κ2) is 2.32. The van der Waals surface area contributed by atoms with E-state index in [0.717, 1.165) is 19.3 Å². The molecule has 0 bridgehead atoms. The third-order valence-corrected chi connectivity index (χ3v) is 2.82. The first-order chi connectivity index (χ1) is 4.86. The normalized spacial score (nSPS) is 24.3. The van der Waals surface area contributed by atoms with E-state index >= 15 is 0 Å². The maximum atomic E-state index is 5.79. The van der Waals surface area contributed by atoms with Crippen molar-refractivity contribution in [3.63, 3.8) is 0 Å². The minimum Gasteiger partial charge on any atom is -0.327 e. The number of hydrogen-bond donors (Lipinski definition) is 1. The summed E-state index contributed by atoms with van der Waals surface area (Å²) in [6.07, 6.45) is 3.23. The van der Waals surface area contributed by atoms with E-state index in [1.54, 1.807) is 11.3 Å². The quantitative estimate of drug-likeness (QED) is 0.604. The van der Waals surface area contributed by atoms with Gasteiger partial charge >= 0.3 is 0 Å². The summed E-state index contributed by atoms with van der Waals surface area (Å²) in [5.74, 6) is 0. The van der Waals surface area contributed by atoms with Crippen LogP contribution in [0.2, 0.25) is 0 Å². The highest BCUT2D eigenvalue weighted by atomic mass is 32.1. The predicted molar refractivity (Wildman–Crippen MR) is 42.1 cm³/mol. The lowest BCUT2D eigenvalue weighted by Crippen LogP contribution is -2.26. The molecule has 0 radical (unpaired) electrons. The number of aryl methyl sites for hydroxylation is 1. The van der Waals surface area contributed by atoms with Crippen LogP contribution in [0, 0.1) is 0 Å². The Kier molecular flexibility index (Phi) is 1.47. The van der Waals surface area contributed by atoms with E-state index in [9.17, 15) is 0 Å². The van der Waals surface area contributed by atoms with Gasteiger partial charge in [-0.05, 0) is 19.3 Å². The molecule has 0 amide bonds. The Balaban J connectivity index is 2.30. The van der Waals surface area contributed by atoms with Crippen molar-refractivity contribution in [2.24, 2.45) is 5.73 Å². The zero-order chi connectivity index (χ0) is 6.97. The van der Waals surface area contributed by atoms with E-state index < -0.39 is 0 Å². The number of nitrogens with zero attached hydrogens (tertiary/aromatic N) is 1. The van der Waals surface area contributed by atoms with Gasteiger partial charge in [0.2, 0.25) is 0 Å². The molecule has 1 aliphatic rings. The number of aromatic nitrogens is 1. The molecular weight excluding hydrogens is 144 g/mol. The van der Waals surface area contributed by atoms with Gasteiger partial charge in [0.25, 0.3) is 0 Å². The summed E-state index contributed by atoms with van der Waals surface area (Å²) in [5, 5.41) is 0. The molecule has 0 fully saturated rings. The monoisotopic (exact) mass is 154 g/mol. The lowest BCUT2D eigenvalue weighted by molar-refractivity contribution is 0.576. The van der Waals surface area contributed by atoms with E-state index in [4.69, 9.17) is 5.73 Å². The second-order valence-corrected chi connectivity index (χ2v) is 3.66. The zero-order valence-electron chi connectivity index (χ0n) is 5.71. The van der Waals surface area contributed by atoms with E-state index in [-0.39, 0.29) is 0 Å². The van der Waals surface area contributed by atoms with Crippen LogP contribution in [0.3, 0.4) is 0 Å². The van der Waals surface area contributed by atoms with Crippen molar-refractivity contribution in [1.29, 1.82) is 0 Å². The molecule has 0 unspecified atom stereocenters. The third-order valence-electron chi connectivity index (χ3n) is 1.92. The average molecular weight is 154 g/mol. The largest absolute Gasteiger partial charge is 0.327 e. The Hall–Kier alpha value is -0.410. The number of nitrogens with two attached hydrogens (primary N) is 1. The molecule has 2 rings (SSSR count). The number of hydrogen-bond acceptors (Lipinski definition) is 3. The summed E-state index contributed by atoms with van der Waals surface area (Å²) in [4.78, 5) is 5.66. The first kappa shape index (κ1) is 6.31. The maximum Gasteiger partial charge on any atom is 0.0797 e. The lowest BCUT2D eigenvalue weighted by Gasteiger charge is -2.15. The highest BCUT2D eigenvalue weighted by Gasteiger charge is 2.16. The molecule has 2 nitrogen and oxygen atoms in total. The molecule has 1 aliphatic carbocycles. The van der Waals surface area contributed by atoms with Gasteiger partial charge in [-0.15, -0.1) is 11.3 Å². The fraction of sp³-hybridized carbons (Fsp3) is 0.571. The molecule has 1 aromatic heterocycles. The number of rotatable bonds is 0. The van der Waals surface area contributed by atoms with Gasteiger partial charge in [0.05, 0.1) is 11.2 Å². The van der Waals surface area contributed by atoms with Gasteiger partial charge in [0, 0.05) is 10.9 Å². The summed E-state index contributed by atoms with van der Waals surface area (Å²) in [6, 6.07) is 0.382. The first-order valence-electron chi connectivity index (χ1n) is 3.53. The van der Waals surface area contributed by atoms with Crippen LogP contribution in [-0.2, 0) is 12.8 Å². The zero-order valence-corrected chi connectivity index (χ0v) is 6.53. The van der Waals surface area contributed by atoms with E-state index in [0.29, 0.717) is 6.04 Å². The van der Waals surface area contributed by atoms with Crippen LogP contribution in [0.4, 0.5) is 0 Å². The third kappa shape index (κ3) is 0.954. The first-order valence-corrected chi connectivity index (χ1v) is 4.41. The Morgan fingerprint density at radius 3 is 3.50 bits per heavy atom. The Labute approximate surface area is 64.1 Å². The van der Waals surface area contributed by atoms with Crippen molar-refractivity contribution in [2.45, 2.75) is 25.3 Å². The smallest absolute Gasteiger partial charge is 0.0797 e. The number of fused-ring (bicyclic) bond motifs is 1. The molecule has 0 saturated carbocycles. The predicted octanol–water partition coefficient (Wildman–Crippen LogP) is 0.959. The molecule has 0 aliphatic heterocycles. The molecule has 2 N–H and O–H groups in total. The molecule has 0 saturated heterocycles. The van der Waals surface area contributed by atoms with E-state index in [1.165, 1.54) is 10.6 Å². The van der Waals surface area contributed by atoms with Gasteiger partial charge in [-0.2, -0.15) is 0 Å². The second-order valence-electron chi connectivity index (χ2n) is 2.73. The van der Waals surface area contributed by atoms with Crippen LogP contribution in [0.5, 0.6) is 0 Å². The van der Waals surface area contributed by atoms with Crippen molar-refractivity contribution in [3.05, 3.63) is 16.1 Å². The van der Waals surface area contributed by atoms with E-state index in [2.05, 4.69) is 4.98 Å². The SMILES string of the molecule is N[C@H]1CCc2ncsc2C1. The van der Waals surface area contributed by atoms with Crippen molar-refractivity contribution >= 4 is 11.3 Å². The fourth-order valence-electron chi connectivity index (χ4n) is 1.33. The van der Waals surface area contributed by atoms with Crippen molar-refractivity contribution in [2.75, 3.05) is 0 Å². The highest BCUT2D eigenvalue weighted by Crippen LogP contribution is 2.22. The van der Waals surface area contributed by atoms with Gasteiger partial charge in [-0.3, -0.25) is 0 Å². The maximum absolute atomic E-state index is 5.79. The van der Waals surface area contributed by atoms with Gasteiger partial charge in [0.1, 0.15) is 0 Å². The van der Waals surface area contributed by atoms with Crippen molar-refractivity contribution in [3.8, 4) is 0 Å². The van der Waals surface area contributed by atoms with Crippen LogP contribution in [0.25, 0.3) is 0 Å². The Morgan fingerprint density at radius 1 is 1.70 bits per heavy atom. The average Bonchev–Trinajstić information content (AvgIpc) is 2.33. The topological polar surface area (TPSA) is 38.9 Å². The molecule has 1 atom stereocenters. The lowest BCUT2D eigenvalue weighted by atomic mass is 9.99. The molecule has 1 heterocycles. The van der Waals surface area contributed by atoms with E-state index in [1.807, 2.05) is 5.51 Å². The van der Waals surface area contributed by atoms with Gasteiger partial charge in [-0.25, -0.2) is 4.98 Å². The fourth-order valence-corrected chi connectivity index (χ4v) is 2.23. The molecule has 10 heavy (non-hydrogen) atoms. The van der Waals surface area contributed by atoms with Crippen molar-refractivity contribution in [1.82, 2.24) is 4.98 Å². The summed E-state index contributed by atoms with van der Waals surface area (Å²) in [7, 11) is 0. The summed E-state index contributed by atoms with van der Waals surface area (Å²) >= 11 is 1.74. The molecule has 3 heteroatoms. The van der Waals surface area contributed by atoms with Crippen LogP contribution >= 0.6 is 11.3 Å². The minimum atomic E-state index is 0.382. The summed E-state index contributed by atoms with van der Waals surface area (Å²) in [6.45, 7) is 0. The van der Waals surface area contributed by atoms with Crippen LogP contribution < -0.4 is 5.73 Å².